The SMILES string of the molecule is CCc1cccc(CN(CC(O)C(N)Cc2cc(F)cc(F)c2)C(=O)C(CC)N2Cc3ccccc3C2=O)c1. The van der Waals surface area contributed by atoms with Crippen LogP contribution in [0.1, 0.15) is 52.9 Å². The van der Waals surface area contributed by atoms with Gasteiger partial charge in [-0.15, -0.1) is 0 Å². The number of nitrogens with zero attached hydrogens (tertiary/aromatic N) is 2. The van der Waals surface area contributed by atoms with Crippen LogP contribution in [0.2, 0.25) is 0 Å². The number of aliphatic hydroxyl groups excluding tert-OH is 1. The zero-order valence-corrected chi connectivity index (χ0v) is 22.3. The van der Waals surface area contributed by atoms with E-state index in [0.29, 0.717) is 24.1 Å². The van der Waals surface area contributed by atoms with E-state index in [-0.39, 0.29) is 31.3 Å². The molecule has 1 heterocycles. The maximum absolute atomic E-state index is 14.0. The number of rotatable bonds is 11. The van der Waals surface area contributed by atoms with Crippen molar-refractivity contribution >= 4 is 11.8 Å². The number of carbonyl (C=O) groups excluding carboxylic acids is 2. The summed E-state index contributed by atoms with van der Waals surface area (Å²) in [6.45, 7) is 4.36. The Bertz CT molecular complexity index is 1310. The summed E-state index contributed by atoms with van der Waals surface area (Å²) >= 11 is 0. The lowest BCUT2D eigenvalue weighted by molar-refractivity contribution is -0.138. The lowest BCUT2D eigenvalue weighted by Gasteiger charge is -2.34. The molecule has 0 radical (unpaired) electrons. The fraction of sp³-hybridized carbons (Fsp3) is 0.355. The van der Waals surface area contributed by atoms with Crippen molar-refractivity contribution in [2.45, 2.75) is 64.4 Å². The normalized spacial score (nSPS) is 15.1. The summed E-state index contributed by atoms with van der Waals surface area (Å²) in [5, 5.41) is 11.0. The zero-order chi connectivity index (χ0) is 28.1. The molecule has 0 bridgehead atoms. The summed E-state index contributed by atoms with van der Waals surface area (Å²) in [4.78, 5) is 30.3. The van der Waals surface area contributed by atoms with Gasteiger partial charge in [-0.05, 0) is 59.7 Å². The van der Waals surface area contributed by atoms with E-state index in [2.05, 4.69) is 0 Å². The summed E-state index contributed by atoms with van der Waals surface area (Å²) in [6, 6.07) is 16.7. The third kappa shape index (κ3) is 6.69. The van der Waals surface area contributed by atoms with Gasteiger partial charge in [0.25, 0.3) is 5.91 Å². The first-order chi connectivity index (χ1) is 18.7. The van der Waals surface area contributed by atoms with Crippen molar-refractivity contribution in [3.63, 3.8) is 0 Å². The van der Waals surface area contributed by atoms with Crippen LogP contribution in [0.3, 0.4) is 0 Å². The molecule has 3 aromatic rings. The van der Waals surface area contributed by atoms with Crippen LogP contribution >= 0.6 is 0 Å². The van der Waals surface area contributed by atoms with E-state index in [1.807, 2.05) is 50.2 Å². The maximum Gasteiger partial charge on any atom is 0.255 e. The van der Waals surface area contributed by atoms with Gasteiger partial charge in [-0.3, -0.25) is 9.59 Å². The number of aliphatic hydroxyl groups is 1. The van der Waals surface area contributed by atoms with Gasteiger partial charge >= 0.3 is 0 Å². The van der Waals surface area contributed by atoms with Gasteiger partial charge in [0.1, 0.15) is 17.7 Å². The second-order valence-corrected chi connectivity index (χ2v) is 10.1. The Morgan fingerprint density at radius 3 is 2.36 bits per heavy atom. The second kappa shape index (κ2) is 12.5. The van der Waals surface area contributed by atoms with Crippen molar-refractivity contribution in [2.75, 3.05) is 6.54 Å². The summed E-state index contributed by atoms with van der Waals surface area (Å²) < 4.78 is 27.4. The molecule has 3 N–H and O–H groups in total. The number of hydrogen-bond acceptors (Lipinski definition) is 4. The molecule has 1 aliphatic heterocycles. The van der Waals surface area contributed by atoms with Crippen LogP contribution in [-0.2, 0) is 30.7 Å². The minimum absolute atomic E-state index is 0.0281. The Morgan fingerprint density at radius 1 is 1.00 bits per heavy atom. The molecule has 0 spiro atoms. The average Bonchev–Trinajstić information content (AvgIpc) is 3.24. The Hall–Kier alpha value is -3.62. The number of benzene rings is 3. The lowest BCUT2D eigenvalue weighted by atomic mass is 10.0. The summed E-state index contributed by atoms with van der Waals surface area (Å²) in [6.07, 6.45) is 0.0887. The molecule has 8 heteroatoms. The van der Waals surface area contributed by atoms with Crippen LogP contribution in [0.4, 0.5) is 8.78 Å². The molecule has 206 valence electrons. The second-order valence-electron chi connectivity index (χ2n) is 10.1. The number of amides is 2. The quantitative estimate of drug-likeness (QED) is 0.385. The van der Waals surface area contributed by atoms with E-state index in [0.717, 1.165) is 29.2 Å². The number of halogens is 2. The molecule has 3 atom stereocenters. The van der Waals surface area contributed by atoms with E-state index in [4.69, 9.17) is 5.73 Å². The molecule has 4 rings (SSSR count). The minimum atomic E-state index is -1.17. The fourth-order valence-corrected chi connectivity index (χ4v) is 5.17. The van der Waals surface area contributed by atoms with E-state index in [1.165, 1.54) is 17.0 Å². The highest BCUT2D eigenvalue weighted by molar-refractivity contribution is 6.01. The van der Waals surface area contributed by atoms with Crippen LogP contribution in [0.5, 0.6) is 0 Å². The highest BCUT2D eigenvalue weighted by atomic mass is 19.1. The molecule has 2 amide bonds. The van der Waals surface area contributed by atoms with Gasteiger partial charge in [0.15, 0.2) is 0 Å². The topological polar surface area (TPSA) is 86.9 Å². The van der Waals surface area contributed by atoms with Gasteiger partial charge in [-0.1, -0.05) is 56.3 Å². The average molecular weight is 536 g/mol. The van der Waals surface area contributed by atoms with E-state index < -0.39 is 29.8 Å². The Morgan fingerprint density at radius 2 is 1.69 bits per heavy atom. The number of fused-ring (bicyclic) bond motifs is 1. The summed E-state index contributed by atoms with van der Waals surface area (Å²) in [5.41, 5.74) is 10.0. The first-order valence-corrected chi connectivity index (χ1v) is 13.3. The van der Waals surface area contributed by atoms with Crippen molar-refractivity contribution in [1.82, 2.24) is 9.80 Å². The van der Waals surface area contributed by atoms with Gasteiger partial charge in [0, 0.05) is 37.3 Å². The van der Waals surface area contributed by atoms with Crippen LogP contribution in [0.25, 0.3) is 0 Å². The molecule has 0 saturated heterocycles. The minimum Gasteiger partial charge on any atom is -0.390 e. The lowest BCUT2D eigenvalue weighted by Crippen LogP contribution is -2.52. The number of carbonyl (C=O) groups is 2. The molecule has 3 unspecified atom stereocenters. The molecular weight excluding hydrogens is 500 g/mol. The monoisotopic (exact) mass is 535 g/mol. The van der Waals surface area contributed by atoms with Gasteiger partial charge < -0.3 is 20.6 Å². The number of hydrogen-bond donors (Lipinski definition) is 2. The first-order valence-electron chi connectivity index (χ1n) is 13.3. The van der Waals surface area contributed by atoms with Gasteiger partial charge in [-0.2, -0.15) is 0 Å². The summed E-state index contributed by atoms with van der Waals surface area (Å²) in [5.74, 6) is -1.92. The molecule has 1 aliphatic rings. The van der Waals surface area contributed by atoms with Crippen LogP contribution in [0, 0.1) is 11.6 Å². The van der Waals surface area contributed by atoms with Crippen molar-refractivity contribution in [3.05, 3.63) is 106 Å². The maximum atomic E-state index is 14.0. The van der Waals surface area contributed by atoms with Crippen LogP contribution < -0.4 is 5.73 Å². The molecule has 0 saturated carbocycles. The molecule has 3 aromatic carbocycles. The standard InChI is InChI=1S/C31H35F2N3O3/c1-3-20-8-7-9-21(12-20)17-35(19-29(37)27(34)15-22-13-24(32)16-25(33)14-22)31(39)28(4-2)36-18-23-10-5-6-11-26(23)30(36)38/h5-14,16,27-29,37H,3-4,15,17-19,34H2,1-2H3. The first kappa shape index (κ1) is 28.4. The van der Waals surface area contributed by atoms with E-state index in [9.17, 15) is 23.5 Å². The van der Waals surface area contributed by atoms with E-state index >= 15 is 0 Å². The predicted octanol–water partition coefficient (Wildman–Crippen LogP) is 4.22. The third-order valence-electron chi connectivity index (χ3n) is 7.28. The van der Waals surface area contributed by atoms with Crippen LogP contribution in [-0.4, -0.2) is 51.5 Å². The van der Waals surface area contributed by atoms with Gasteiger partial charge in [0.2, 0.25) is 5.91 Å². The van der Waals surface area contributed by atoms with E-state index in [1.54, 1.807) is 17.0 Å². The molecular formula is C31H35F2N3O3. The smallest absolute Gasteiger partial charge is 0.255 e. The fourth-order valence-electron chi connectivity index (χ4n) is 5.17. The Labute approximate surface area is 228 Å². The Balaban J connectivity index is 1.56. The van der Waals surface area contributed by atoms with Crippen molar-refractivity contribution < 1.29 is 23.5 Å². The molecule has 0 fully saturated rings. The molecule has 6 nitrogen and oxygen atoms in total. The van der Waals surface area contributed by atoms with Crippen molar-refractivity contribution in [3.8, 4) is 0 Å². The summed E-state index contributed by atoms with van der Waals surface area (Å²) in [7, 11) is 0. The molecule has 39 heavy (non-hydrogen) atoms. The predicted molar refractivity (Wildman–Crippen MR) is 146 cm³/mol. The zero-order valence-electron chi connectivity index (χ0n) is 22.3. The third-order valence-corrected chi connectivity index (χ3v) is 7.28. The highest BCUT2D eigenvalue weighted by Gasteiger charge is 2.37. The molecule has 0 aliphatic carbocycles. The molecule has 0 aromatic heterocycles. The van der Waals surface area contributed by atoms with Crippen LogP contribution in [0.15, 0.2) is 66.7 Å². The van der Waals surface area contributed by atoms with Crippen molar-refractivity contribution in [2.24, 2.45) is 5.73 Å². The largest absolute Gasteiger partial charge is 0.390 e. The van der Waals surface area contributed by atoms with Gasteiger partial charge in [-0.25, -0.2) is 8.78 Å². The van der Waals surface area contributed by atoms with Gasteiger partial charge in [0.05, 0.1) is 6.10 Å². The van der Waals surface area contributed by atoms with Crippen molar-refractivity contribution in [1.29, 1.82) is 0 Å². The Kier molecular flexibility index (Phi) is 9.09. The number of aryl methyl sites for hydroxylation is 1. The number of nitrogens with two attached hydrogens (primary N) is 1. The highest BCUT2D eigenvalue weighted by Crippen LogP contribution is 2.27.